The van der Waals surface area contributed by atoms with Gasteiger partial charge in [0.1, 0.15) is 6.10 Å². The highest BCUT2D eigenvalue weighted by molar-refractivity contribution is 6.04. The Kier molecular flexibility index (Phi) is 4.15. The topological polar surface area (TPSA) is 99.1 Å². The van der Waals surface area contributed by atoms with Gasteiger partial charge in [0.15, 0.2) is 5.78 Å². The van der Waals surface area contributed by atoms with Crippen molar-refractivity contribution in [2.75, 3.05) is 13.7 Å². The van der Waals surface area contributed by atoms with Gasteiger partial charge in [-0.1, -0.05) is 13.0 Å². The quantitative estimate of drug-likeness (QED) is 0.539. The number of cyclic esters (lactones) is 1. The number of hydrogen-bond donors (Lipinski definition) is 1. The van der Waals surface area contributed by atoms with Crippen LogP contribution < -0.4 is 0 Å². The van der Waals surface area contributed by atoms with Crippen LogP contribution in [-0.4, -0.2) is 54.9 Å². The third kappa shape index (κ3) is 2.06. The van der Waals surface area contributed by atoms with Crippen molar-refractivity contribution in [3.8, 4) is 0 Å². The molecule has 4 bridgehead atoms. The van der Waals surface area contributed by atoms with Crippen molar-refractivity contribution < 1.29 is 33.7 Å². The van der Waals surface area contributed by atoms with Gasteiger partial charge >= 0.3 is 11.9 Å². The van der Waals surface area contributed by atoms with E-state index in [4.69, 9.17) is 14.2 Å². The van der Waals surface area contributed by atoms with E-state index in [1.54, 1.807) is 7.11 Å². The van der Waals surface area contributed by atoms with Gasteiger partial charge in [-0.05, 0) is 44.1 Å². The van der Waals surface area contributed by atoms with Gasteiger partial charge < -0.3 is 19.3 Å². The Morgan fingerprint density at radius 2 is 2.00 bits per heavy atom. The monoisotopic (exact) mass is 418 g/mol. The maximum atomic E-state index is 13.7. The van der Waals surface area contributed by atoms with Gasteiger partial charge in [0.25, 0.3) is 0 Å². The second kappa shape index (κ2) is 6.16. The highest BCUT2D eigenvalue weighted by atomic mass is 16.5. The number of hydrogen-bond acceptors (Lipinski definition) is 7. The molecule has 30 heavy (non-hydrogen) atoms. The molecule has 1 aliphatic heterocycles. The second-order valence-corrected chi connectivity index (χ2v) is 10.3. The summed E-state index contributed by atoms with van der Waals surface area (Å²) in [6.45, 7) is 7.52. The Morgan fingerprint density at radius 3 is 2.67 bits per heavy atom. The van der Waals surface area contributed by atoms with Crippen molar-refractivity contribution in [2.24, 2.45) is 34.0 Å². The van der Waals surface area contributed by atoms with Crippen molar-refractivity contribution in [3.05, 3.63) is 12.2 Å². The molecule has 1 unspecified atom stereocenters. The Labute approximate surface area is 176 Å². The third-order valence-electron chi connectivity index (χ3n) is 9.32. The predicted molar refractivity (Wildman–Crippen MR) is 104 cm³/mol. The molecule has 9 atom stereocenters. The molecule has 7 nitrogen and oxygen atoms in total. The summed E-state index contributed by atoms with van der Waals surface area (Å²) < 4.78 is 17.5. The van der Waals surface area contributed by atoms with Crippen LogP contribution in [0.3, 0.4) is 0 Å². The first-order valence-corrected chi connectivity index (χ1v) is 10.9. The molecule has 1 heterocycles. The summed E-state index contributed by atoms with van der Waals surface area (Å²) in [4.78, 5) is 38.6. The fourth-order valence-corrected chi connectivity index (χ4v) is 8.31. The minimum absolute atomic E-state index is 0.0657. The zero-order chi connectivity index (χ0) is 21.6. The highest BCUT2D eigenvalue weighted by Gasteiger charge is 2.79. The van der Waals surface area contributed by atoms with Crippen LogP contribution in [0.1, 0.15) is 46.0 Å². The number of aliphatic hydroxyl groups is 1. The zero-order valence-corrected chi connectivity index (χ0v) is 17.8. The third-order valence-corrected chi connectivity index (χ3v) is 9.32. The summed E-state index contributed by atoms with van der Waals surface area (Å²) in [5.41, 5.74) is -2.04. The summed E-state index contributed by atoms with van der Waals surface area (Å²) in [7, 11) is 1.55. The minimum Gasteiger partial charge on any atom is -0.465 e. The van der Waals surface area contributed by atoms with Crippen LogP contribution in [0.2, 0.25) is 0 Å². The largest absolute Gasteiger partial charge is 0.465 e. The van der Waals surface area contributed by atoms with E-state index in [1.807, 2.05) is 6.92 Å². The van der Waals surface area contributed by atoms with Crippen LogP contribution >= 0.6 is 0 Å². The zero-order valence-electron chi connectivity index (χ0n) is 17.8. The number of esters is 2. The number of Topliss-reactive ketones (excluding diaryl/α,β-unsaturated/α-hetero) is 1. The van der Waals surface area contributed by atoms with E-state index >= 15 is 0 Å². The molecule has 0 amide bonds. The highest BCUT2D eigenvalue weighted by Crippen LogP contribution is 2.73. The molecule has 0 aromatic heterocycles. The molecule has 4 aliphatic carbocycles. The fraction of sp³-hybridized carbons (Fsp3) is 0.783. The summed E-state index contributed by atoms with van der Waals surface area (Å²) in [6, 6.07) is 0. The van der Waals surface area contributed by atoms with Gasteiger partial charge in [-0.15, -0.1) is 0 Å². The van der Waals surface area contributed by atoms with Crippen molar-refractivity contribution in [3.63, 3.8) is 0 Å². The molecule has 1 spiro atoms. The van der Waals surface area contributed by atoms with Crippen LogP contribution in [0.4, 0.5) is 0 Å². The number of methoxy groups -OCH3 is 1. The average Bonchev–Trinajstić information content (AvgIpc) is 2.81. The van der Waals surface area contributed by atoms with Gasteiger partial charge in [0.2, 0.25) is 0 Å². The molecule has 5 fully saturated rings. The van der Waals surface area contributed by atoms with Crippen molar-refractivity contribution in [2.45, 2.75) is 64.3 Å². The van der Waals surface area contributed by atoms with E-state index in [-0.39, 0.29) is 24.3 Å². The molecule has 1 N–H and O–H groups in total. The average molecular weight is 418 g/mol. The standard InChI is InChI=1S/C23H30O7/c1-11-13-8-14(30-12(2)24)17-22-7-5-6-21(3,20(27)29-10-22)15(22)9-16(28-4)23(17,18(11)25)19(13)26/h13-17,19,26H,1,5-10H2,2-4H3/t13-,14-,15+,16-,17-,19+,21+,22-,23?/m0/s1. The first-order valence-electron chi connectivity index (χ1n) is 10.9. The first-order chi connectivity index (χ1) is 14.1. The number of rotatable bonds is 2. The van der Waals surface area contributed by atoms with Crippen molar-refractivity contribution in [1.82, 2.24) is 0 Å². The Morgan fingerprint density at radius 1 is 1.27 bits per heavy atom. The number of carbonyl (C=O) groups is 3. The van der Waals surface area contributed by atoms with E-state index in [2.05, 4.69) is 6.58 Å². The number of ketones is 1. The van der Waals surface area contributed by atoms with Gasteiger partial charge in [-0.3, -0.25) is 14.4 Å². The van der Waals surface area contributed by atoms with Crippen LogP contribution in [0.15, 0.2) is 12.2 Å². The Hall–Kier alpha value is -1.73. The molecule has 0 radical (unpaired) electrons. The van der Waals surface area contributed by atoms with Crippen LogP contribution in [0.5, 0.6) is 0 Å². The van der Waals surface area contributed by atoms with E-state index < -0.39 is 52.4 Å². The number of carbonyl (C=O) groups excluding carboxylic acids is 3. The maximum absolute atomic E-state index is 13.7. The molecule has 0 aromatic carbocycles. The summed E-state index contributed by atoms with van der Waals surface area (Å²) in [5.74, 6) is -1.79. The molecule has 5 rings (SSSR count). The van der Waals surface area contributed by atoms with Gasteiger partial charge in [0, 0.05) is 31.3 Å². The smallest absolute Gasteiger partial charge is 0.312 e. The lowest BCUT2D eigenvalue weighted by molar-refractivity contribution is -0.287. The molecule has 164 valence electrons. The SMILES string of the molecule is C=C1C(=O)C23[C@@H](OC)C[C@H]4[C@@]5(CCC[C@@]4(C)C(=O)OC5)[C@@H]2[C@@H](OC(C)=O)C[C@@H]1[C@H]3O. The first kappa shape index (κ1) is 20.2. The lowest BCUT2D eigenvalue weighted by atomic mass is 9.38. The Bertz CT molecular complexity index is 850. The molecule has 1 saturated heterocycles. The molecule has 4 saturated carbocycles. The number of aliphatic hydroxyl groups excluding tert-OH is 1. The van der Waals surface area contributed by atoms with Crippen LogP contribution in [0, 0.1) is 34.0 Å². The van der Waals surface area contributed by atoms with Crippen LogP contribution in [0.25, 0.3) is 0 Å². The van der Waals surface area contributed by atoms with E-state index in [1.165, 1.54) is 6.92 Å². The van der Waals surface area contributed by atoms with Crippen LogP contribution in [-0.2, 0) is 28.6 Å². The summed E-state index contributed by atoms with van der Waals surface area (Å²) >= 11 is 0. The molecule has 5 aliphatic rings. The van der Waals surface area contributed by atoms with Gasteiger partial charge in [-0.2, -0.15) is 0 Å². The van der Waals surface area contributed by atoms with E-state index in [0.29, 0.717) is 18.4 Å². The minimum atomic E-state index is -1.23. The van der Waals surface area contributed by atoms with Crippen molar-refractivity contribution in [1.29, 1.82) is 0 Å². The Balaban J connectivity index is 1.76. The predicted octanol–water partition coefficient (Wildman–Crippen LogP) is 1.81. The molecule has 0 aromatic rings. The van der Waals surface area contributed by atoms with E-state index in [9.17, 15) is 19.5 Å². The normalized spacial score (nSPS) is 51.7. The fourth-order valence-electron chi connectivity index (χ4n) is 8.31. The van der Waals surface area contributed by atoms with Gasteiger partial charge in [0.05, 0.1) is 29.6 Å². The lowest BCUT2D eigenvalue weighted by Gasteiger charge is -2.68. The number of fused-ring (bicyclic) bond motifs is 1. The molecule has 7 heteroatoms. The number of ether oxygens (including phenoxy) is 3. The maximum Gasteiger partial charge on any atom is 0.312 e. The van der Waals surface area contributed by atoms with Gasteiger partial charge in [-0.25, -0.2) is 0 Å². The van der Waals surface area contributed by atoms with Crippen molar-refractivity contribution >= 4 is 17.7 Å². The lowest BCUT2D eigenvalue weighted by Crippen LogP contribution is -2.74. The van der Waals surface area contributed by atoms with E-state index in [0.717, 1.165) is 19.3 Å². The second-order valence-electron chi connectivity index (χ2n) is 10.3. The summed E-state index contributed by atoms with van der Waals surface area (Å²) in [5, 5.41) is 11.5. The molecular weight excluding hydrogens is 388 g/mol. The summed E-state index contributed by atoms with van der Waals surface area (Å²) in [6.07, 6.45) is 1.08. The molecular formula is C23H30O7.